The highest BCUT2D eigenvalue weighted by Crippen LogP contribution is 2.31. The van der Waals surface area contributed by atoms with Crippen molar-refractivity contribution in [3.05, 3.63) is 58.7 Å². The highest BCUT2D eigenvalue weighted by atomic mass is 35.5. The number of thiazole rings is 1. The lowest BCUT2D eigenvalue weighted by Gasteiger charge is -2.27. The Morgan fingerprint density at radius 3 is 2.48 bits per heavy atom. The molecule has 1 fully saturated rings. The van der Waals surface area contributed by atoms with Crippen molar-refractivity contribution in [1.29, 1.82) is 0 Å². The molecule has 1 saturated heterocycles. The van der Waals surface area contributed by atoms with E-state index in [0.717, 1.165) is 71.3 Å². The third-order valence-corrected chi connectivity index (χ3v) is 6.48. The van der Waals surface area contributed by atoms with Gasteiger partial charge in [0.15, 0.2) is 5.13 Å². The molecular formula is C24H30ClN3O2S. The fourth-order valence-electron chi connectivity index (χ4n) is 3.95. The van der Waals surface area contributed by atoms with Crippen LogP contribution in [0.1, 0.15) is 33.5 Å². The minimum absolute atomic E-state index is 0. The topological polar surface area (TPSA) is 45.7 Å². The van der Waals surface area contributed by atoms with Crippen molar-refractivity contribution >= 4 is 45.0 Å². The minimum Gasteiger partial charge on any atom is -0.379 e. The van der Waals surface area contributed by atoms with Crippen molar-refractivity contribution in [1.82, 2.24) is 9.88 Å². The van der Waals surface area contributed by atoms with Crippen LogP contribution >= 0.6 is 23.7 Å². The number of aryl methyl sites for hydroxylation is 3. The first-order valence-corrected chi connectivity index (χ1v) is 11.4. The molecule has 166 valence electrons. The molecule has 1 aromatic heterocycles. The van der Waals surface area contributed by atoms with Gasteiger partial charge in [-0.1, -0.05) is 34.6 Å². The molecule has 0 saturated carbocycles. The predicted molar refractivity (Wildman–Crippen MR) is 131 cm³/mol. The second-order valence-electron chi connectivity index (χ2n) is 8.11. The number of aromatic nitrogens is 1. The number of hydrogen-bond acceptors (Lipinski definition) is 5. The molecule has 1 aliphatic heterocycles. The standard InChI is InChI=1S/C24H29N3O2S.ClH/c1-17-5-6-21-22(16-17)30-24(25-21)27(8-4-7-26-9-11-29-12-10-26)23(28)20-14-18(2)13-19(3)15-20;/h5-6,13-16H,4,7-12H2,1-3H3;1H. The van der Waals surface area contributed by atoms with E-state index in [0.29, 0.717) is 6.54 Å². The summed E-state index contributed by atoms with van der Waals surface area (Å²) in [5.41, 5.74) is 5.09. The average molecular weight is 460 g/mol. The highest BCUT2D eigenvalue weighted by Gasteiger charge is 2.22. The van der Waals surface area contributed by atoms with Crippen molar-refractivity contribution in [2.75, 3.05) is 44.3 Å². The number of hydrogen-bond donors (Lipinski definition) is 0. The second kappa shape index (κ2) is 10.6. The summed E-state index contributed by atoms with van der Waals surface area (Å²) >= 11 is 1.60. The highest BCUT2D eigenvalue weighted by molar-refractivity contribution is 7.22. The summed E-state index contributed by atoms with van der Waals surface area (Å²) in [7, 11) is 0. The van der Waals surface area contributed by atoms with Crippen LogP contribution in [0.2, 0.25) is 0 Å². The lowest BCUT2D eigenvalue weighted by atomic mass is 10.1. The quantitative estimate of drug-likeness (QED) is 0.519. The number of carbonyl (C=O) groups is 1. The Morgan fingerprint density at radius 1 is 1.06 bits per heavy atom. The number of rotatable bonds is 6. The van der Waals surface area contributed by atoms with Gasteiger partial charge in [-0.05, 0) is 57.0 Å². The Balaban J connectivity index is 0.00000272. The summed E-state index contributed by atoms with van der Waals surface area (Å²) in [6.07, 6.45) is 0.908. The van der Waals surface area contributed by atoms with Gasteiger partial charge >= 0.3 is 0 Å². The van der Waals surface area contributed by atoms with Gasteiger partial charge < -0.3 is 4.74 Å². The normalized spacial score (nSPS) is 14.4. The molecule has 0 aliphatic carbocycles. The summed E-state index contributed by atoms with van der Waals surface area (Å²) in [6.45, 7) is 11.3. The number of halogens is 1. The van der Waals surface area contributed by atoms with Gasteiger partial charge in [-0.3, -0.25) is 14.6 Å². The van der Waals surface area contributed by atoms with E-state index in [2.05, 4.69) is 30.0 Å². The molecule has 0 N–H and O–H groups in total. The molecule has 2 heterocycles. The van der Waals surface area contributed by atoms with Crippen LogP contribution in [-0.2, 0) is 4.74 Å². The van der Waals surface area contributed by atoms with Crippen LogP contribution in [0.3, 0.4) is 0 Å². The Bertz CT molecular complexity index is 1030. The van der Waals surface area contributed by atoms with E-state index in [4.69, 9.17) is 9.72 Å². The molecule has 1 amide bonds. The van der Waals surface area contributed by atoms with E-state index in [-0.39, 0.29) is 18.3 Å². The number of morpholine rings is 1. The summed E-state index contributed by atoms with van der Waals surface area (Å²) in [4.78, 5) is 22.6. The maximum absolute atomic E-state index is 13.5. The maximum atomic E-state index is 13.5. The third-order valence-electron chi connectivity index (χ3n) is 5.44. The zero-order valence-electron chi connectivity index (χ0n) is 18.4. The smallest absolute Gasteiger partial charge is 0.260 e. The zero-order valence-corrected chi connectivity index (χ0v) is 20.0. The molecule has 7 heteroatoms. The molecule has 1 aliphatic rings. The molecule has 31 heavy (non-hydrogen) atoms. The van der Waals surface area contributed by atoms with Crippen molar-refractivity contribution in [2.24, 2.45) is 0 Å². The van der Waals surface area contributed by atoms with Crippen molar-refractivity contribution in [3.8, 4) is 0 Å². The van der Waals surface area contributed by atoms with Crippen molar-refractivity contribution in [2.45, 2.75) is 27.2 Å². The van der Waals surface area contributed by atoms with Gasteiger partial charge in [-0.25, -0.2) is 4.98 Å². The van der Waals surface area contributed by atoms with Gasteiger partial charge in [0.2, 0.25) is 0 Å². The number of ether oxygens (including phenoxy) is 1. The molecule has 0 radical (unpaired) electrons. The number of fused-ring (bicyclic) bond motifs is 1. The van der Waals surface area contributed by atoms with Crippen LogP contribution in [0.4, 0.5) is 5.13 Å². The van der Waals surface area contributed by atoms with E-state index >= 15 is 0 Å². The lowest BCUT2D eigenvalue weighted by Crippen LogP contribution is -2.39. The lowest BCUT2D eigenvalue weighted by molar-refractivity contribution is 0.0376. The van der Waals surface area contributed by atoms with Crippen molar-refractivity contribution < 1.29 is 9.53 Å². The fourth-order valence-corrected chi connectivity index (χ4v) is 5.04. The molecule has 0 spiro atoms. The van der Waals surface area contributed by atoms with Gasteiger partial charge in [0, 0.05) is 31.7 Å². The fraction of sp³-hybridized carbons (Fsp3) is 0.417. The van der Waals surface area contributed by atoms with Crippen LogP contribution in [-0.4, -0.2) is 55.2 Å². The van der Waals surface area contributed by atoms with E-state index in [1.54, 1.807) is 11.3 Å². The van der Waals surface area contributed by atoms with E-state index in [1.165, 1.54) is 5.56 Å². The van der Waals surface area contributed by atoms with Gasteiger partial charge in [0.1, 0.15) is 0 Å². The predicted octanol–water partition coefficient (Wildman–Crippen LogP) is 5.01. The van der Waals surface area contributed by atoms with E-state index in [1.807, 2.05) is 36.9 Å². The van der Waals surface area contributed by atoms with Crippen LogP contribution in [0.25, 0.3) is 10.2 Å². The van der Waals surface area contributed by atoms with Crippen LogP contribution in [0.5, 0.6) is 0 Å². The van der Waals surface area contributed by atoms with Crippen LogP contribution in [0, 0.1) is 20.8 Å². The van der Waals surface area contributed by atoms with E-state index in [9.17, 15) is 4.79 Å². The largest absolute Gasteiger partial charge is 0.379 e. The molecular weight excluding hydrogens is 430 g/mol. The Morgan fingerprint density at radius 2 is 1.77 bits per heavy atom. The first-order valence-electron chi connectivity index (χ1n) is 10.6. The van der Waals surface area contributed by atoms with Gasteiger partial charge in [0.25, 0.3) is 5.91 Å². The summed E-state index contributed by atoms with van der Waals surface area (Å²) in [5, 5.41) is 0.779. The Hall–Kier alpha value is -1.99. The number of carbonyl (C=O) groups excluding carboxylic acids is 1. The molecule has 3 aromatic rings. The third kappa shape index (κ3) is 5.83. The molecule has 0 atom stereocenters. The van der Waals surface area contributed by atoms with Gasteiger partial charge in [-0.2, -0.15) is 0 Å². The number of amides is 1. The maximum Gasteiger partial charge on any atom is 0.260 e. The average Bonchev–Trinajstić information content (AvgIpc) is 3.13. The molecule has 4 rings (SSSR count). The van der Waals surface area contributed by atoms with E-state index < -0.39 is 0 Å². The van der Waals surface area contributed by atoms with Gasteiger partial charge in [-0.15, -0.1) is 12.4 Å². The number of nitrogens with zero attached hydrogens (tertiary/aromatic N) is 3. The Labute approximate surface area is 194 Å². The molecule has 2 aromatic carbocycles. The molecule has 0 bridgehead atoms. The summed E-state index contributed by atoms with van der Waals surface area (Å²) in [5.74, 6) is 0.0274. The summed E-state index contributed by atoms with van der Waals surface area (Å²) in [6, 6.07) is 12.3. The Kier molecular flexibility index (Phi) is 8.06. The summed E-state index contributed by atoms with van der Waals surface area (Å²) < 4.78 is 6.57. The molecule has 0 unspecified atom stereocenters. The second-order valence-corrected chi connectivity index (χ2v) is 9.12. The van der Waals surface area contributed by atoms with Crippen LogP contribution in [0.15, 0.2) is 36.4 Å². The minimum atomic E-state index is 0. The number of anilines is 1. The van der Waals surface area contributed by atoms with Crippen LogP contribution < -0.4 is 4.90 Å². The molecule has 5 nitrogen and oxygen atoms in total. The first-order chi connectivity index (χ1) is 14.5. The van der Waals surface area contributed by atoms with Crippen molar-refractivity contribution in [3.63, 3.8) is 0 Å². The van der Waals surface area contributed by atoms with Gasteiger partial charge in [0.05, 0.1) is 23.4 Å². The monoisotopic (exact) mass is 459 g/mol. The first kappa shape index (κ1) is 23.7. The SMILES string of the molecule is Cc1cc(C)cc(C(=O)N(CCCN2CCOCC2)c2nc3ccc(C)cc3s2)c1.Cl. The zero-order chi connectivity index (χ0) is 21.1. The number of benzene rings is 2.